The van der Waals surface area contributed by atoms with Crippen molar-refractivity contribution in [3.05, 3.63) is 51.2 Å². The number of aromatic nitrogens is 1. The Labute approximate surface area is 153 Å². The molecule has 1 heterocycles. The third-order valence-electron chi connectivity index (χ3n) is 3.93. The molecule has 6 heteroatoms. The summed E-state index contributed by atoms with van der Waals surface area (Å²) < 4.78 is 13.8. The number of nitrogens with one attached hydrogen (secondary N) is 2. The maximum absolute atomic E-state index is 13.8. The monoisotopic (exact) mass is 362 g/mol. The molecule has 0 fully saturated rings. The number of hydrogen-bond acceptors (Lipinski definition) is 3. The molecule has 1 aromatic heterocycles. The van der Waals surface area contributed by atoms with Crippen LogP contribution in [0.4, 0.5) is 4.39 Å². The quantitative estimate of drug-likeness (QED) is 0.578. The SMILES string of the molecule is CCNC(=NCCc1csc(CC)n1)NC(C)c1ccc(C)c(F)c1. The van der Waals surface area contributed by atoms with Gasteiger partial charge in [-0.05, 0) is 44.4 Å². The highest BCUT2D eigenvalue weighted by molar-refractivity contribution is 7.09. The van der Waals surface area contributed by atoms with E-state index >= 15 is 0 Å². The largest absolute Gasteiger partial charge is 0.357 e. The molecule has 0 saturated carbocycles. The van der Waals surface area contributed by atoms with Gasteiger partial charge < -0.3 is 10.6 Å². The maximum atomic E-state index is 13.8. The van der Waals surface area contributed by atoms with Crippen molar-refractivity contribution in [1.82, 2.24) is 15.6 Å². The first-order valence-corrected chi connectivity index (χ1v) is 9.65. The zero-order valence-electron chi connectivity index (χ0n) is 15.4. The van der Waals surface area contributed by atoms with Gasteiger partial charge in [-0.15, -0.1) is 11.3 Å². The molecule has 0 radical (unpaired) electrons. The minimum Gasteiger partial charge on any atom is -0.357 e. The maximum Gasteiger partial charge on any atom is 0.191 e. The Kier molecular flexibility index (Phi) is 7.37. The lowest BCUT2D eigenvalue weighted by Crippen LogP contribution is -2.39. The van der Waals surface area contributed by atoms with E-state index in [1.54, 1.807) is 30.4 Å². The summed E-state index contributed by atoms with van der Waals surface area (Å²) in [5, 5.41) is 9.85. The summed E-state index contributed by atoms with van der Waals surface area (Å²) in [6.07, 6.45) is 1.80. The van der Waals surface area contributed by atoms with Crippen molar-refractivity contribution in [3.8, 4) is 0 Å². The summed E-state index contributed by atoms with van der Waals surface area (Å²) in [6, 6.07) is 5.30. The Morgan fingerprint density at radius 1 is 1.36 bits per heavy atom. The highest BCUT2D eigenvalue weighted by Gasteiger charge is 2.10. The van der Waals surface area contributed by atoms with E-state index in [9.17, 15) is 4.39 Å². The van der Waals surface area contributed by atoms with E-state index in [-0.39, 0.29) is 11.9 Å². The van der Waals surface area contributed by atoms with Crippen molar-refractivity contribution >= 4 is 17.3 Å². The van der Waals surface area contributed by atoms with E-state index in [4.69, 9.17) is 0 Å². The molecule has 136 valence electrons. The highest BCUT2D eigenvalue weighted by Crippen LogP contribution is 2.16. The molecule has 0 spiro atoms. The van der Waals surface area contributed by atoms with Gasteiger partial charge >= 0.3 is 0 Å². The minimum atomic E-state index is -0.177. The lowest BCUT2D eigenvalue weighted by atomic mass is 10.1. The average Bonchev–Trinajstić information content (AvgIpc) is 3.05. The van der Waals surface area contributed by atoms with E-state index in [1.165, 1.54) is 5.01 Å². The first kappa shape index (κ1) is 19.4. The average molecular weight is 363 g/mol. The standard InChI is InChI=1S/C19H27FN4S/c1-5-18-24-16(12-25-18)9-10-22-19(21-6-2)23-14(4)15-8-7-13(3)17(20)11-15/h7-8,11-12,14H,5-6,9-10H2,1-4H3,(H2,21,22,23). The van der Waals surface area contributed by atoms with Crippen molar-refractivity contribution in [2.24, 2.45) is 4.99 Å². The highest BCUT2D eigenvalue weighted by atomic mass is 32.1. The zero-order valence-corrected chi connectivity index (χ0v) is 16.2. The first-order valence-electron chi connectivity index (χ1n) is 8.77. The summed E-state index contributed by atoms with van der Waals surface area (Å²) in [7, 11) is 0. The predicted molar refractivity (Wildman–Crippen MR) is 104 cm³/mol. The van der Waals surface area contributed by atoms with Gasteiger partial charge in [-0.1, -0.05) is 19.1 Å². The number of aliphatic imine (C=N–C) groups is 1. The minimum absolute atomic E-state index is 0.0288. The van der Waals surface area contributed by atoms with Crippen molar-refractivity contribution in [2.75, 3.05) is 13.1 Å². The molecule has 0 amide bonds. The van der Waals surface area contributed by atoms with Gasteiger partial charge in [-0.25, -0.2) is 9.37 Å². The lowest BCUT2D eigenvalue weighted by molar-refractivity contribution is 0.607. The smallest absolute Gasteiger partial charge is 0.191 e. The number of nitrogens with zero attached hydrogens (tertiary/aromatic N) is 2. The molecule has 1 aromatic carbocycles. The third-order valence-corrected chi connectivity index (χ3v) is 4.97. The lowest BCUT2D eigenvalue weighted by Gasteiger charge is -2.18. The second kappa shape index (κ2) is 9.51. The first-order chi connectivity index (χ1) is 12.0. The van der Waals surface area contributed by atoms with E-state index < -0.39 is 0 Å². The fourth-order valence-electron chi connectivity index (χ4n) is 2.40. The van der Waals surface area contributed by atoms with Gasteiger partial charge in [0.2, 0.25) is 0 Å². The predicted octanol–water partition coefficient (Wildman–Crippen LogP) is 4.01. The number of rotatable bonds is 7. The molecule has 0 saturated heterocycles. The number of halogens is 1. The molecular formula is C19H27FN4S. The summed E-state index contributed by atoms with van der Waals surface area (Å²) in [4.78, 5) is 9.18. The Morgan fingerprint density at radius 2 is 2.16 bits per heavy atom. The van der Waals surface area contributed by atoms with Crippen LogP contribution in [0.5, 0.6) is 0 Å². The van der Waals surface area contributed by atoms with Crippen LogP contribution in [0.25, 0.3) is 0 Å². The molecule has 0 aliphatic rings. The Hall–Kier alpha value is -1.95. The van der Waals surface area contributed by atoms with Crippen LogP contribution in [0.15, 0.2) is 28.6 Å². The van der Waals surface area contributed by atoms with Crippen LogP contribution >= 0.6 is 11.3 Å². The molecule has 0 aliphatic carbocycles. The molecule has 2 N–H and O–H groups in total. The van der Waals surface area contributed by atoms with Crippen LogP contribution in [0.3, 0.4) is 0 Å². The van der Waals surface area contributed by atoms with Crippen LogP contribution in [0.2, 0.25) is 0 Å². The molecule has 2 aromatic rings. The van der Waals surface area contributed by atoms with Gasteiger partial charge in [0.05, 0.1) is 16.7 Å². The Morgan fingerprint density at radius 3 is 2.80 bits per heavy atom. The molecule has 0 bridgehead atoms. The van der Waals surface area contributed by atoms with E-state index in [0.29, 0.717) is 12.1 Å². The number of guanidine groups is 1. The summed E-state index contributed by atoms with van der Waals surface area (Å²) >= 11 is 1.70. The van der Waals surface area contributed by atoms with Crippen LogP contribution < -0.4 is 10.6 Å². The molecule has 1 unspecified atom stereocenters. The van der Waals surface area contributed by atoms with E-state index in [0.717, 1.165) is 36.6 Å². The number of benzene rings is 1. The van der Waals surface area contributed by atoms with Crippen LogP contribution in [-0.2, 0) is 12.8 Å². The summed E-state index contributed by atoms with van der Waals surface area (Å²) in [5.41, 5.74) is 2.65. The molecule has 2 rings (SSSR count). The van der Waals surface area contributed by atoms with Gasteiger partial charge in [-0.3, -0.25) is 4.99 Å². The number of aryl methyl sites for hydroxylation is 2. The van der Waals surface area contributed by atoms with Gasteiger partial charge in [-0.2, -0.15) is 0 Å². The van der Waals surface area contributed by atoms with Crippen LogP contribution in [0.1, 0.15) is 48.6 Å². The fraction of sp³-hybridized carbons (Fsp3) is 0.474. The van der Waals surface area contributed by atoms with Gasteiger partial charge in [0, 0.05) is 24.9 Å². The molecule has 25 heavy (non-hydrogen) atoms. The van der Waals surface area contributed by atoms with Crippen molar-refractivity contribution in [1.29, 1.82) is 0 Å². The van der Waals surface area contributed by atoms with Crippen LogP contribution in [0, 0.1) is 12.7 Å². The molecule has 4 nitrogen and oxygen atoms in total. The molecule has 1 atom stereocenters. The van der Waals surface area contributed by atoms with Crippen LogP contribution in [-0.4, -0.2) is 24.0 Å². The van der Waals surface area contributed by atoms with Gasteiger partial charge in [0.1, 0.15) is 5.82 Å². The van der Waals surface area contributed by atoms with E-state index in [2.05, 4.69) is 32.9 Å². The normalized spacial score (nSPS) is 12.9. The summed E-state index contributed by atoms with van der Waals surface area (Å²) in [5.74, 6) is 0.560. The topological polar surface area (TPSA) is 49.3 Å². The van der Waals surface area contributed by atoms with E-state index in [1.807, 2.05) is 19.9 Å². The second-order valence-corrected chi connectivity index (χ2v) is 6.91. The second-order valence-electron chi connectivity index (χ2n) is 5.97. The zero-order chi connectivity index (χ0) is 18.2. The van der Waals surface area contributed by atoms with Crippen molar-refractivity contribution in [3.63, 3.8) is 0 Å². The van der Waals surface area contributed by atoms with Gasteiger partial charge in [0.25, 0.3) is 0 Å². The van der Waals surface area contributed by atoms with Crippen molar-refractivity contribution in [2.45, 2.75) is 46.6 Å². The molecule has 0 aliphatic heterocycles. The van der Waals surface area contributed by atoms with Crippen molar-refractivity contribution < 1.29 is 4.39 Å². The summed E-state index contributed by atoms with van der Waals surface area (Å²) in [6.45, 7) is 9.36. The Bertz CT molecular complexity index is 711. The molecular weight excluding hydrogens is 335 g/mol. The third kappa shape index (κ3) is 5.81. The van der Waals surface area contributed by atoms with Gasteiger partial charge in [0.15, 0.2) is 5.96 Å². The fourth-order valence-corrected chi connectivity index (χ4v) is 3.17. The Balaban J connectivity index is 1.97. The number of hydrogen-bond donors (Lipinski definition) is 2. The number of thiazole rings is 1.